The number of nitrogens with two attached hydrogens (primary N) is 1. The minimum absolute atomic E-state index is 0.151. The summed E-state index contributed by atoms with van der Waals surface area (Å²) in [6.07, 6.45) is 6.83. The Labute approximate surface area is 194 Å². The summed E-state index contributed by atoms with van der Waals surface area (Å²) in [6.45, 7) is 5.88. The molecule has 0 saturated carbocycles. The van der Waals surface area contributed by atoms with Gasteiger partial charge in [0.05, 0.1) is 12.7 Å². The van der Waals surface area contributed by atoms with Crippen molar-refractivity contribution in [2.45, 2.75) is 20.0 Å². The number of anilines is 1. The highest BCUT2D eigenvalue weighted by molar-refractivity contribution is 7.16. The van der Waals surface area contributed by atoms with Crippen molar-refractivity contribution in [2.24, 2.45) is 0 Å². The smallest absolute Gasteiger partial charge is 0.283 e. The van der Waals surface area contributed by atoms with Crippen LogP contribution in [0.3, 0.4) is 0 Å². The Morgan fingerprint density at radius 2 is 2.09 bits per heavy atom. The Morgan fingerprint density at radius 1 is 1.27 bits per heavy atom. The van der Waals surface area contributed by atoms with Crippen molar-refractivity contribution < 1.29 is 14.3 Å². The Bertz CT molecular complexity index is 1410. The van der Waals surface area contributed by atoms with Gasteiger partial charge < -0.3 is 15.2 Å². The van der Waals surface area contributed by atoms with Crippen molar-refractivity contribution in [3.63, 3.8) is 0 Å². The van der Waals surface area contributed by atoms with Crippen LogP contribution in [0.4, 0.5) is 5.82 Å². The van der Waals surface area contributed by atoms with Crippen molar-refractivity contribution in [3.05, 3.63) is 92.5 Å². The standard InChI is InChI=1S/C24H22N4O4S/c1-4-6-16-10-15(12-19(31-3)21(16)29)11-18-22(25)28-24(26-23(18)30)33-20(27-28)13-32-17-8-5-7-14(2)9-17/h4-5,7-12H,1,6,13,25H2,2-3H3. The molecular formula is C24H22N4O4S. The first-order chi connectivity index (χ1) is 15.9. The number of fused-ring (bicyclic) bond motifs is 1. The lowest BCUT2D eigenvalue weighted by Gasteiger charge is -2.14. The SMILES string of the molecule is C=CCC1=CC(=Cc2c(N)n3nc(COc4cccc(C)c4)sc3nc2=O)C=C(OC)C1=O. The number of Topliss-reactive ketones (excluding diaryl/α,β-unsaturated/α-hetero) is 1. The minimum Gasteiger partial charge on any atom is -0.493 e. The van der Waals surface area contributed by atoms with Crippen LogP contribution in [0.1, 0.15) is 22.6 Å². The normalized spacial score (nSPS) is 14.8. The summed E-state index contributed by atoms with van der Waals surface area (Å²) in [4.78, 5) is 29.6. The van der Waals surface area contributed by atoms with Crippen LogP contribution in [0.2, 0.25) is 0 Å². The molecule has 0 saturated heterocycles. The Kier molecular flexibility index (Phi) is 6.23. The van der Waals surface area contributed by atoms with E-state index >= 15 is 0 Å². The molecule has 168 valence electrons. The van der Waals surface area contributed by atoms with Crippen LogP contribution in [0.25, 0.3) is 11.0 Å². The van der Waals surface area contributed by atoms with Crippen molar-refractivity contribution >= 4 is 34.0 Å². The Hall–Kier alpha value is -3.98. The number of carbonyl (C=O) groups is 1. The fraction of sp³-hybridized carbons (Fsp3) is 0.167. The molecule has 33 heavy (non-hydrogen) atoms. The number of allylic oxidation sites excluding steroid dienone is 5. The van der Waals surface area contributed by atoms with Gasteiger partial charge in [0, 0.05) is 5.57 Å². The van der Waals surface area contributed by atoms with E-state index < -0.39 is 5.56 Å². The fourth-order valence-corrected chi connectivity index (χ4v) is 4.16. The second-order valence-corrected chi connectivity index (χ2v) is 8.40. The van der Waals surface area contributed by atoms with Gasteiger partial charge in [-0.05, 0) is 54.8 Å². The van der Waals surface area contributed by atoms with Gasteiger partial charge in [-0.1, -0.05) is 29.5 Å². The predicted octanol–water partition coefficient (Wildman–Crippen LogP) is 3.62. The number of rotatable bonds is 7. The molecule has 0 spiro atoms. The number of nitrogens with zero attached hydrogens (tertiary/aromatic N) is 3. The highest BCUT2D eigenvalue weighted by Crippen LogP contribution is 2.25. The summed E-state index contributed by atoms with van der Waals surface area (Å²) >= 11 is 1.23. The number of methoxy groups -OCH3 is 1. The number of aromatic nitrogens is 3. The molecule has 2 aromatic heterocycles. The summed E-state index contributed by atoms with van der Waals surface area (Å²) in [5, 5.41) is 5.09. The fourth-order valence-electron chi connectivity index (χ4n) is 3.36. The van der Waals surface area contributed by atoms with Gasteiger partial charge in [0.15, 0.2) is 10.8 Å². The first kappa shape index (κ1) is 22.2. The predicted molar refractivity (Wildman–Crippen MR) is 128 cm³/mol. The van der Waals surface area contributed by atoms with Crippen LogP contribution < -0.4 is 16.0 Å². The Balaban J connectivity index is 1.69. The zero-order chi connectivity index (χ0) is 23.5. The van der Waals surface area contributed by atoms with Crippen molar-refractivity contribution in [1.82, 2.24) is 14.6 Å². The average Bonchev–Trinajstić information content (AvgIpc) is 3.20. The van der Waals surface area contributed by atoms with Gasteiger partial charge in [-0.2, -0.15) is 14.6 Å². The Morgan fingerprint density at radius 3 is 2.82 bits per heavy atom. The van der Waals surface area contributed by atoms with E-state index in [4.69, 9.17) is 15.2 Å². The van der Waals surface area contributed by atoms with E-state index in [9.17, 15) is 9.59 Å². The molecule has 3 aromatic rings. The van der Waals surface area contributed by atoms with E-state index in [2.05, 4.69) is 16.7 Å². The van der Waals surface area contributed by atoms with Gasteiger partial charge in [-0.15, -0.1) is 6.58 Å². The van der Waals surface area contributed by atoms with Crippen LogP contribution in [0.15, 0.2) is 70.8 Å². The van der Waals surface area contributed by atoms with Crippen molar-refractivity contribution in [1.29, 1.82) is 0 Å². The van der Waals surface area contributed by atoms with Crippen molar-refractivity contribution in [2.75, 3.05) is 12.8 Å². The van der Waals surface area contributed by atoms with E-state index in [1.165, 1.54) is 23.0 Å². The lowest BCUT2D eigenvalue weighted by molar-refractivity contribution is -0.115. The highest BCUT2D eigenvalue weighted by Gasteiger charge is 2.21. The van der Waals surface area contributed by atoms with Crippen molar-refractivity contribution in [3.8, 4) is 5.75 Å². The van der Waals surface area contributed by atoms with Gasteiger partial charge in [-0.25, -0.2) is 0 Å². The molecule has 0 fully saturated rings. The molecule has 4 rings (SSSR count). The van der Waals surface area contributed by atoms with Crippen LogP contribution in [0.5, 0.6) is 5.75 Å². The van der Waals surface area contributed by atoms with Crippen LogP contribution >= 0.6 is 11.3 Å². The van der Waals surface area contributed by atoms with E-state index in [1.54, 1.807) is 24.3 Å². The quantitative estimate of drug-likeness (QED) is 0.534. The summed E-state index contributed by atoms with van der Waals surface area (Å²) in [5.41, 5.74) is 8.16. The summed E-state index contributed by atoms with van der Waals surface area (Å²) in [7, 11) is 1.42. The van der Waals surface area contributed by atoms with E-state index in [0.29, 0.717) is 27.5 Å². The number of carbonyl (C=O) groups excluding carboxylic acids is 1. The first-order valence-electron chi connectivity index (χ1n) is 10.1. The zero-order valence-electron chi connectivity index (χ0n) is 18.2. The van der Waals surface area contributed by atoms with Gasteiger partial charge in [-0.3, -0.25) is 9.59 Å². The molecule has 9 heteroatoms. The maximum Gasteiger partial charge on any atom is 0.283 e. The van der Waals surface area contributed by atoms with Gasteiger partial charge in [0.2, 0.25) is 10.7 Å². The monoisotopic (exact) mass is 462 g/mol. The molecule has 2 heterocycles. The number of hydrogen-bond acceptors (Lipinski definition) is 8. The lowest BCUT2D eigenvalue weighted by Crippen LogP contribution is -2.17. The third-order valence-electron chi connectivity index (χ3n) is 4.93. The second-order valence-electron chi connectivity index (χ2n) is 7.36. The maximum absolute atomic E-state index is 12.7. The molecule has 0 atom stereocenters. The zero-order valence-corrected chi connectivity index (χ0v) is 19.0. The molecule has 1 aromatic carbocycles. The first-order valence-corrected chi connectivity index (χ1v) is 10.9. The molecule has 2 N–H and O–H groups in total. The number of aryl methyl sites for hydroxylation is 1. The molecule has 8 nitrogen and oxygen atoms in total. The molecule has 0 aliphatic heterocycles. The third-order valence-corrected chi connectivity index (χ3v) is 5.82. The molecular weight excluding hydrogens is 440 g/mol. The summed E-state index contributed by atoms with van der Waals surface area (Å²) in [6, 6.07) is 7.69. The third kappa shape index (κ3) is 4.63. The van der Waals surface area contributed by atoms with Crippen LogP contribution in [-0.4, -0.2) is 27.5 Å². The van der Waals surface area contributed by atoms with E-state index in [-0.39, 0.29) is 29.5 Å². The van der Waals surface area contributed by atoms with E-state index in [1.807, 2.05) is 31.2 Å². The molecule has 1 aliphatic rings. The average molecular weight is 463 g/mol. The molecule has 0 radical (unpaired) electrons. The van der Waals surface area contributed by atoms with Crippen LogP contribution in [-0.2, 0) is 16.1 Å². The topological polar surface area (TPSA) is 109 Å². The van der Waals surface area contributed by atoms with E-state index in [0.717, 1.165) is 11.3 Å². The lowest BCUT2D eigenvalue weighted by atomic mass is 9.95. The van der Waals surface area contributed by atoms with Gasteiger partial charge >= 0.3 is 0 Å². The highest BCUT2D eigenvalue weighted by atomic mass is 32.1. The summed E-state index contributed by atoms with van der Waals surface area (Å²) in [5.74, 6) is 0.839. The van der Waals surface area contributed by atoms with Gasteiger partial charge in [0.1, 0.15) is 18.2 Å². The number of benzene rings is 1. The summed E-state index contributed by atoms with van der Waals surface area (Å²) < 4.78 is 12.4. The number of ether oxygens (including phenoxy) is 2. The van der Waals surface area contributed by atoms with Crippen LogP contribution in [0, 0.1) is 6.92 Å². The second kappa shape index (κ2) is 9.25. The maximum atomic E-state index is 12.7. The molecule has 0 unspecified atom stereocenters. The van der Waals surface area contributed by atoms with Gasteiger partial charge in [0.25, 0.3) is 5.56 Å². The minimum atomic E-state index is -0.488. The molecule has 0 amide bonds. The number of ketones is 1. The molecule has 0 bridgehead atoms. The molecule has 1 aliphatic carbocycles. The number of hydrogen-bond donors (Lipinski definition) is 1. The largest absolute Gasteiger partial charge is 0.493 e. The number of nitrogen functional groups attached to an aromatic ring is 1.